The Hall–Kier alpha value is -1.95. The summed E-state index contributed by atoms with van der Waals surface area (Å²) in [7, 11) is 5.41. The number of aromatic nitrogens is 4. The van der Waals surface area contributed by atoms with Gasteiger partial charge in [0.2, 0.25) is 5.88 Å². The third-order valence-electron chi connectivity index (χ3n) is 2.76. The predicted octanol–water partition coefficient (Wildman–Crippen LogP) is 0.722. The van der Waals surface area contributed by atoms with E-state index in [1.54, 1.807) is 11.8 Å². The molecule has 6 heteroatoms. The van der Waals surface area contributed by atoms with Crippen LogP contribution in [0.5, 0.6) is 5.88 Å². The van der Waals surface area contributed by atoms with E-state index in [4.69, 9.17) is 4.74 Å². The van der Waals surface area contributed by atoms with Gasteiger partial charge in [-0.1, -0.05) is 0 Å². The number of hydrogen-bond acceptors (Lipinski definition) is 5. The Morgan fingerprint density at radius 3 is 2.89 bits per heavy atom. The van der Waals surface area contributed by atoms with Crippen molar-refractivity contribution in [1.82, 2.24) is 25.1 Å². The highest BCUT2D eigenvalue weighted by atomic mass is 16.5. The number of rotatable bonds is 5. The zero-order valence-electron chi connectivity index (χ0n) is 10.8. The Labute approximate surface area is 106 Å². The summed E-state index contributed by atoms with van der Waals surface area (Å²) >= 11 is 0. The minimum atomic E-state index is 0.0943. The highest BCUT2D eigenvalue weighted by molar-refractivity contribution is 5.18. The fourth-order valence-corrected chi connectivity index (χ4v) is 1.79. The number of nitrogens with one attached hydrogen (secondary N) is 1. The molecule has 0 spiro atoms. The lowest BCUT2D eigenvalue weighted by atomic mass is 10.1. The second-order valence-electron chi connectivity index (χ2n) is 4.01. The van der Waals surface area contributed by atoms with Crippen LogP contribution in [-0.2, 0) is 13.5 Å². The molecule has 0 aliphatic carbocycles. The number of nitrogens with zero attached hydrogens (tertiary/aromatic N) is 4. The highest BCUT2D eigenvalue weighted by Crippen LogP contribution is 2.17. The zero-order valence-corrected chi connectivity index (χ0v) is 10.8. The van der Waals surface area contributed by atoms with Gasteiger partial charge in [-0.2, -0.15) is 5.10 Å². The lowest BCUT2D eigenvalue weighted by Crippen LogP contribution is -2.20. The van der Waals surface area contributed by atoms with Crippen molar-refractivity contribution >= 4 is 0 Å². The first-order chi connectivity index (χ1) is 8.72. The van der Waals surface area contributed by atoms with Crippen molar-refractivity contribution in [3.63, 3.8) is 0 Å². The lowest BCUT2D eigenvalue weighted by molar-refractivity contribution is 0.394. The van der Waals surface area contributed by atoms with Crippen LogP contribution in [0.2, 0.25) is 0 Å². The molecule has 1 N–H and O–H groups in total. The molecule has 2 rings (SSSR count). The molecule has 1 atom stereocenters. The topological polar surface area (TPSA) is 64.9 Å². The maximum Gasteiger partial charge on any atom is 0.216 e. The van der Waals surface area contributed by atoms with Gasteiger partial charge < -0.3 is 10.1 Å². The molecule has 0 aliphatic rings. The van der Waals surface area contributed by atoms with E-state index in [9.17, 15) is 0 Å². The quantitative estimate of drug-likeness (QED) is 0.843. The van der Waals surface area contributed by atoms with Gasteiger partial charge in [0.25, 0.3) is 0 Å². The van der Waals surface area contributed by atoms with Gasteiger partial charge in [0.1, 0.15) is 6.33 Å². The fraction of sp³-hybridized carbons (Fsp3) is 0.417. The summed E-state index contributed by atoms with van der Waals surface area (Å²) in [6.07, 6.45) is 4.22. The maximum absolute atomic E-state index is 5.11. The van der Waals surface area contributed by atoms with Crippen molar-refractivity contribution < 1.29 is 4.74 Å². The van der Waals surface area contributed by atoms with E-state index in [1.807, 2.05) is 32.4 Å². The van der Waals surface area contributed by atoms with Crippen molar-refractivity contribution in [2.75, 3.05) is 14.2 Å². The molecule has 2 aromatic rings. The number of ether oxygens (including phenoxy) is 1. The Kier molecular flexibility index (Phi) is 3.88. The molecule has 1 unspecified atom stereocenters. The molecule has 0 fully saturated rings. The van der Waals surface area contributed by atoms with Gasteiger partial charge in [-0.25, -0.2) is 9.97 Å². The van der Waals surface area contributed by atoms with Gasteiger partial charge in [-0.3, -0.25) is 4.68 Å². The first-order valence-electron chi connectivity index (χ1n) is 5.74. The summed E-state index contributed by atoms with van der Waals surface area (Å²) in [5.74, 6) is 0.571. The molecule has 0 aliphatic heterocycles. The molecule has 2 aromatic heterocycles. The second-order valence-corrected chi connectivity index (χ2v) is 4.01. The molecule has 2 heterocycles. The van der Waals surface area contributed by atoms with Gasteiger partial charge in [0, 0.05) is 25.7 Å². The minimum Gasteiger partial charge on any atom is -0.481 e. The van der Waals surface area contributed by atoms with Crippen LogP contribution >= 0.6 is 0 Å². The number of aryl methyl sites for hydroxylation is 1. The fourth-order valence-electron chi connectivity index (χ4n) is 1.79. The van der Waals surface area contributed by atoms with E-state index in [-0.39, 0.29) is 6.04 Å². The standard InChI is InChI=1S/C12H17N5O/c1-13-10(6-9-4-5-17(2)16-9)11-7-12(18-3)15-8-14-11/h4-5,7-8,10,13H,6H2,1-3H3. The summed E-state index contributed by atoms with van der Waals surface area (Å²) in [5, 5.41) is 7.60. The summed E-state index contributed by atoms with van der Waals surface area (Å²) in [6, 6.07) is 3.93. The van der Waals surface area contributed by atoms with Crippen molar-refractivity contribution in [2.24, 2.45) is 7.05 Å². The summed E-state index contributed by atoms with van der Waals surface area (Å²) in [6.45, 7) is 0. The van der Waals surface area contributed by atoms with E-state index in [1.165, 1.54) is 6.33 Å². The van der Waals surface area contributed by atoms with E-state index < -0.39 is 0 Å². The molecule has 0 aromatic carbocycles. The smallest absolute Gasteiger partial charge is 0.216 e. The summed E-state index contributed by atoms with van der Waals surface area (Å²) in [5.41, 5.74) is 1.92. The van der Waals surface area contributed by atoms with Crippen LogP contribution in [0.1, 0.15) is 17.4 Å². The van der Waals surface area contributed by atoms with E-state index in [0.717, 1.165) is 17.8 Å². The van der Waals surface area contributed by atoms with E-state index in [0.29, 0.717) is 5.88 Å². The van der Waals surface area contributed by atoms with Crippen LogP contribution in [0, 0.1) is 0 Å². The van der Waals surface area contributed by atoms with Gasteiger partial charge in [-0.05, 0) is 13.1 Å². The van der Waals surface area contributed by atoms with Crippen LogP contribution in [0.15, 0.2) is 24.7 Å². The lowest BCUT2D eigenvalue weighted by Gasteiger charge is -2.14. The zero-order chi connectivity index (χ0) is 13.0. The molecule has 0 amide bonds. The number of likely N-dealkylation sites (N-methyl/N-ethyl adjacent to an activating group) is 1. The molecule has 96 valence electrons. The molecule has 0 saturated heterocycles. The predicted molar refractivity (Wildman–Crippen MR) is 67.3 cm³/mol. The van der Waals surface area contributed by atoms with Crippen molar-refractivity contribution in [2.45, 2.75) is 12.5 Å². The average Bonchev–Trinajstić information content (AvgIpc) is 2.81. The molecule has 18 heavy (non-hydrogen) atoms. The molecule has 0 radical (unpaired) electrons. The molecular weight excluding hydrogens is 230 g/mol. The number of methoxy groups -OCH3 is 1. The third kappa shape index (κ3) is 2.84. The van der Waals surface area contributed by atoms with Crippen molar-refractivity contribution in [3.8, 4) is 5.88 Å². The van der Waals surface area contributed by atoms with Crippen LogP contribution in [0.4, 0.5) is 0 Å². The minimum absolute atomic E-state index is 0.0943. The first kappa shape index (κ1) is 12.5. The number of hydrogen-bond donors (Lipinski definition) is 1. The van der Waals surface area contributed by atoms with Gasteiger partial charge in [-0.15, -0.1) is 0 Å². The van der Waals surface area contributed by atoms with Gasteiger partial charge >= 0.3 is 0 Å². The van der Waals surface area contributed by atoms with Gasteiger partial charge in [0.15, 0.2) is 0 Å². The molecule has 6 nitrogen and oxygen atoms in total. The van der Waals surface area contributed by atoms with Crippen LogP contribution in [0.25, 0.3) is 0 Å². The summed E-state index contributed by atoms with van der Waals surface area (Å²) < 4.78 is 6.90. The van der Waals surface area contributed by atoms with Crippen LogP contribution in [0.3, 0.4) is 0 Å². The van der Waals surface area contributed by atoms with Crippen LogP contribution in [-0.4, -0.2) is 33.9 Å². The second kappa shape index (κ2) is 5.59. The van der Waals surface area contributed by atoms with Crippen molar-refractivity contribution in [3.05, 3.63) is 36.0 Å². The molecule has 0 bridgehead atoms. The Balaban J connectivity index is 2.17. The van der Waals surface area contributed by atoms with E-state index >= 15 is 0 Å². The largest absolute Gasteiger partial charge is 0.481 e. The Morgan fingerprint density at radius 1 is 1.44 bits per heavy atom. The van der Waals surface area contributed by atoms with Crippen LogP contribution < -0.4 is 10.1 Å². The summed E-state index contributed by atoms with van der Waals surface area (Å²) in [4.78, 5) is 8.28. The Bertz CT molecular complexity index is 511. The van der Waals surface area contributed by atoms with E-state index in [2.05, 4.69) is 20.4 Å². The maximum atomic E-state index is 5.11. The third-order valence-corrected chi connectivity index (χ3v) is 2.76. The molecule has 0 saturated carbocycles. The van der Waals surface area contributed by atoms with Crippen molar-refractivity contribution in [1.29, 1.82) is 0 Å². The SMILES string of the molecule is CNC(Cc1ccn(C)n1)c1cc(OC)ncn1. The first-order valence-corrected chi connectivity index (χ1v) is 5.74. The normalized spacial score (nSPS) is 12.4. The highest BCUT2D eigenvalue weighted by Gasteiger charge is 2.14. The Morgan fingerprint density at radius 2 is 2.28 bits per heavy atom. The average molecular weight is 247 g/mol. The molecular formula is C12H17N5O. The monoisotopic (exact) mass is 247 g/mol. The van der Waals surface area contributed by atoms with Gasteiger partial charge in [0.05, 0.1) is 24.5 Å².